The lowest BCUT2D eigenvalue weighted by molar-refractivity contribution is -0.121. The maximum Gasteiger partial charge on any atom is 0.224 e. The van der Waals surface area contributed by atoms with Crippen molar-refractivity contribution in [2.45, 2.75) is 57.5 Å². The minimum Gasteiger partial charge on any atom is -0.352 e. The summed E-state index contributed by atoms with van der Waals surface area (Å²) in [7, 11) is 0. The maximum absolute atomic E-state index is 12.2. The Hall–Kier alpha value is -1.06. The molecule has 0 aromatic heterocycles. The zero-order valence-corrected chi connectivity index (χ0v) is 13.5. The van der Waals surface area contributed by atoms with Crippen molar-refractivity contribution in [3.05, 3.63) is 34.9 Å². The molecule has 3 nitrogen and oxygen atoms in total. The number of hydrogen-bond donors (Lipinski definition) is 2. The molecule has 0 saturated carbocycles. The zero-order valence-electron chi connectivity index (χ0n) is 12.7. The summed E-state index contributed by atoms with van der Waals surface area (Å²) in [5, 5.41) is 6.60. The van der Waals surface area contributed by atoms with Crippen LogP contribution in [0.4, 0.5) is 0 Å². The van der Waals surface area contributed by atoms with Gasteiger partial charge in [-0.3, -0.25) is 4.79 Å². The highest BCUT2D eigenvalue weighted by atomic mass is 35.5. The quantitative estimate of drug-likeness (QED) is 0.900. The number of nitrogens with one attached hydrogen (secondary N) is 2. The van der Waals surface area contributed by atoms with Crippen molar-refractivity contribution < 1.29 is 4.79 Å². The third-order valence-corrected chi connectivity index (χ3v) is 4.64. The second-order valence-corrected chi connectivity index (χ2v) is 6.19. The molecular formula is C17H25ClN2O. The molecule has 2 aliphatic rings. The molecule has 1 aliphatic carbocycles. The molecule has 1 aliphatic heterocycles. The van der Waals surface area contributed by atoms with Crippen LogP contribution in [0.5, 0.6) is 0 Å². The molecule has 1 saturated heterocycles. The normalized spacial score (nSPS) is 24.0. The van der Waals surface area contributed by atoms with E-state index in [0.29, 0.717) is 12.5 Å². The zero-order chi connectivity index (χ0) is 13.9. The first-order valence-electron chi connectivity index (χ1n) is 7.86. The van der Waals surface area contributed by atoms with Gasteiger partial charge in [-0.15, -0.1) is 12.4 Å². The Morgan fingerprint density at radius 1 is 1.29 bits per heavy atom. The Kier molecular flexibility index (Phi) is 5.65. The summed E-state index contributed by atoms with van der Waals surface area (Å²) in [6.07, 6.45) is 6.38. The Balaban J connectivity index is 0.00000161. The molecule has 2 N–H and O–H groups in total. The summed E-state index contributed by atoms with van der Waals surface area (Å²) >= 11 is 0. The van der Waals surface area contributed by atoms with Gasteiger partial charge in [-0.25, -0.2) is 0 Å². The van der Waals surface area contributed by atoms with Crippen LogP contribution in [0.1, 0.15) is 42.9 Å². The maximum atomic E-state index is 12.2. The van der Waals surface area contributed by atoms with Gasteiger partial charge in [0.2, 0.25) is 5.91 Å². The van der Waals surface area contributed by atoms with Crippen LogP contribution in [-0.4, -0.2) is 24.5 Å². The number of hydrogen-bond acceptors (Lipinski definition) is 2. The summed E-state index contributed by atoms with van der Waals surface area (Å²) in [5.41, 5.74) is 4.07. The molecule has 2 unspecified atom stereocenters. The highest BCUT2D eigenvalue weighted by Crippen LogP contribution is 2.23. The van der Waals surface area contributed by atoms with Crippen molar-refractivity contribution in [1.29, 1.82) is 0 Å². The molecular weight excluding hydrogens is 284 g/mol. The second-order valence-electron chi connectivity index (χ2n) is 6.19. The van der Waals surface area contributed by atoms with Gasteiger partial charge in [-0.1, -0.05) is 18.2 Å². The molecule has 0 radical (unpaired) electrons. The van der Waals surface area contributed by atoms with E-state index < -0.39 is 0 Å². The van der Waals surface area contributed by atoms with E-state index in [1.165, 1.54) is 30.4 Å². The highest BCUT2D eigenvalue weighted by molar-refractivity contribution is 5.85. The molecule has 1 fully saturated rings. The third-order valence-electron chi connectivity index (χ3n) is 4.64. The number of carbonyl (C=O) groups excluding carboxylic acids is 1. The van der Waals surface area contributed by atoms with Gasteiger partial charge in [0, 0.05) is 12.1 Å². The Morgan fingerprint density at radius 3 is 2.90 bits per heavy atom. The predicted octanol–water partition coefficient (Wildman–Crippen LogP) is 2.40. The molecule has 0 spiro atoms. The molecule has 116 valence electrons. The van der Waals surface area contributed by atoms with E-state index in [1.807, 2.05) is 0 Å². The fourth-order valence-electron chi connectivity index (χ4n) is 3.42. The SMILES string of the molecule is CC1NCCCC1NC(=O)Cc1ccc2c(c1)CCC2.Cl. The molecule has 21 heavy (non-hydrogen) atoms. The summed E-state index contributed by atoms with van der Waals surface area (Å²) < 4.78 is 0. The standard InChI is InChI=1S/C17H24N2O.ClH/c1-12-16(6-3-9-18-12)19-17(20)11-13-7-8-14-4-2-5-15(14)10-13;/h7-8,10,12,16,18H,2-6,9,11H2,1H3,(H,19,20);1H. The highest BCUT2D eigenvalue weighted by Gasteiger charge is 2.22. The first-order valence-corrected chi connectivity index (χ1v) is 7.86. The summed E-state index contributed by atoms with van der Waals surface area (Å²) in [6.45, 7) is 3.22. The van der Waals surface area contributed by atoms with Crippen LogP contribution in [0.25, 0.3) is 0 Å². The third kappa shape index (κ3) is 3.98. The van der Waals surface area contributed by atoms with Crippen LogP contribution in [0, 0.1) is 0 Å². The summed E-state index contributed by atoms with van der Waals surface area (Å²) in [6, 6.07) is 7.21. The molecule has 1 aromatic carbocycles. The molecule has 1 heterocycles. The number of rotatable bonds is 3. The predicted molar refractivity (Wildman–Crippen MR) is 88.0 cm³/mol. The number of piperidine rings is 1. The number of carbonyl (C=O) groups is 1. The lowest BCUT2D eigenvalue weighted by atomic mass is 9.99. The van der Waals surface area contributed by atoms with Crippen LogP contribution < -0.4 is 10.6 Å². The van der Waals surface area contributed by atoms with Crippen molar-refractivity contribution in [1.82, 2.24) is 10.6 Å². The van der Waals surface area contributed by atoms with Gasteiger partial charge in [0.25, 0.3) is 0 Å². The minimum absolute atomic E-state index is 0. The van der Waals surface area contributed by atoms with E-state index in [1.54, 1.807) is 0 Å². The van der Waals surface area contributed by atoms with E-state index >= 15 is 0 Å². The van der Waals surface area contributed by atoms with Gasteiger partial charge in [0.1, 0.15) is 0 Å². The molecule has 0 bridgehead atoms. The van der Waals surface area contributed by atoms with Crippen LogP contribution >= 0.6 is 12.4 Å². The largest absolute Gasteiger partial charge is 0.352 e. The van der Waals surface area contributed by atoms with Crippen molar-refractivity contribution in [3.63, 3.8) is 0 Å². The average Bonchev–Trinajstić information content (AvgIpc) is 2.89. The minimum atomic E-state index is 0. The first-order chi connectivity index (χ1) is 9.72. The van der Waals surface area contributed by atoms with Crippen molar-refractivity contribution in [2.24, 2.45) is 0 Å². The lowest BCUT2D eigenvalue weighted by Gasteiger charge is -2.30. The van der Waals surface area contributed by atoms with Crippen LogP contribution in [0.15, 0.2) is 18.2 Å². The number of amides is 1. The Morgan fingerprint density at radius 2 is 2.10 bits per heavy atom. The van der Waals surface area contributed by atoms with Gasteiger partial charge < -0.3 is 10.6 Å². The fourth-order valence-corrected chi connectivity index (χ4v) is 3.42. The first kappa shape index (κ1) is 16.3. The van der Waals surface area contributed by atoms with Gasteiger partial charge in [-0.05, 0) is 62.3 Å². The topological polar surface area (TPSA) is 41.1 Å². The van der Waals surface area contributed by atoms with E-state index in [9.17, 15) is 4.79 Å². The van der Waals surface area contributed by atoms with Crippen molar-refractivity contribution >= 4 is 18.3 Å². The number of halogens is 1. The Bertz CT molecular complexity index is 504. The van der Waals surface area contributed by atoms with Gasteiger partial charge in [0.15, 0.2) is 0 Å². The van der Waals surface area contributed by atoms with E-state index in [2.05, 4.69) is 35.8 Å². The number of fused-ring (bicyclic) bond motifs is 1. The average molecular weight is 309 g/mol. The van der Waals surface area contributed by atoms with Crippen LogP contribution in [0.3, 0.4) is 0 Å². The molecule has 3 rings (SSSR count). The van der Waals surface area contributed by atoms with E-state index in [4.69, 9.17) is 0 Å². The summed E-state index contributed by atoms with van der Waals surface area (Å²) in [4.78, 5) is 12.2. The van der Waals surface area contributed by atoms with Crippen molar-refractivity contribution in [3.8, 4) is 0 Å². The molecule has 2 atom stereocenters. The summed E-state index contributed by atoms with van der Waals surface area (Å²) in [5.74, 6) is 0.156. The van der Waals surface area contributed by atoms with E-state index in [-0.39, 0.29) is 24.4 Å². The molecule has 4 heteroatoms. The van der Waals surface area contributed by atoms with Gasteiger partial charge in [-0.2, -0.15) is 0 Å². The fraction of sp³-hybridized carbons (Fsp3) is 0.588. The van der Waals surface area contributed by atoms with Gasteiger partial charge >= 0.3 is 0 Å². The number of benzene rings is 1. The van der Waals surface area contributed by atoms with Crippen molar-refractivity contribution in [2.75, 3.05) is 6.54 Å². The van der Waals surface area contributed by atoms with Gasteiger partial charge in [0.05, 0.1) is 6.42 Å². The van der Waals surface area contributed by atoms with E-state index in [0.717, 1.165) is 24.9 Å². The monoisotopic (exact) mass is 308 g/mol. The second kappa shape index (κ2) is 7.28. The molecule has 1 aromatic rings. The number of aryl methyl sites for hydroxylation is 2. The smallest absolute Gasteiger partial charge is 0.224 e. The van der Waals surface area contributed by atoms with Crippen LogP contribution in [0.2, 0.25) is 0 Å². The van der Waals surface area contributed by atoms with Crippen LogP contribution in [-0.2, 0) is 24.1 Å². The lowest BCUT2D eigenvalue weighted by Crippen LogP contribution is -2.52. The molecule has 1 amide bonds. The Labute approximate surface area is 133 Å².